The summed E-state index contributed by atoms with van der Waals surface area (Å²) in [5.74, 6) is 1.49. The lowest BCUT2D eigenvalue weighted by molar-refractivity contribution is 0.583. The molecule has 1 rings (SSSR count). The largest absolute Gasteiger partial charge is 0.399 e. The van der Waals surface area contributed by atoms with Gasteiger partial charge in [0.15, 0.2) is 0 Å². The van der Waals surface area contributed by atoms with Gasteiger partial charge in [-0.3, -0.25) is 0 Å². The van der Waals surface area contributed by atoms with Crippen molar-refractivity contribution in [3.8, 4) is 0 Å². The summed E-state index contributed by atoms with van der Waals surface area (Å²) in [6, 6.07) is 3.12. The molecular formula is C11H14Br2N2O2S2. The van der Waals surface area contributed by atoms with Crippen molar-refractivity contribution in [3.63, 3.8) is 0 Å². The lowest BCUT2D eigenvalue weighted by Gasteiger charge is -2.11. The minimum Gasteiger partial charge on any atom is -0.399 e. The molecule has 0 heterocycles. The molecule has 0 atom stereocenters. The summed E-state index contributed by atoms with van der Waals surface area (Å²) < 4.78 is 27.8. The third kappa shape index (κ3) is 5.11. The Morgan fingerprint density at radius 3 is 2.47 bits per heavy atom. The van der Waals surface area contributed by atoms with Crippen LogP contribution < -0.4 is 10.5 Å². The average molecular weight is 430 g/mol. The van der Waals surface area contributed by atoms with Gasteiger partial charge in [-0.15, -0.1) is 6.58 Å². The third-order valence-corrected chi connectivity index (χ3v) is 6.36. The van der Waals surface area contributed by atoms with E-state index in [1.807, 2.05) is 0 Å². The summed E-state index contributed by atoms with van der Waals surface area (Å²) in [7, 11) is -3.56. The zero-order chi connectivity index (χ0) is 14.5. The fourth-order valence-corrected chi connectivity index (χ4v) is 5.68. The first-order chi connectivity index (χ1) is 8.88. The second kappa shape index (κ2) is 7.68. The fourth-order valence-electron chi connectivity index (χ4n) is 1.32. The summed E-state index contributed by atoms with van der Waals surface area (Å²) in [6.45, 7) is 3.97. The van der Waals surface area contributed by atoms with Gasteiger partial charge in [-0.25, -0.2) is 13.1 Å². The Morgan fingerprint density at radius 2 is 1.95 bits per heavy atom. The van der Waals surface area contributed by atoms with E-state index in [4.69, 9.17) is 5.73 Å². The highest BCUT2D eigenvalue weighted by molar-refractivity contribution is 9.11. The van der Waals surface area contributed by atoms with E-state index >= 15 is 0 Å². The number of nitrogen functional groups attached to an aromatic ring is 1. The molecule has 0 aliphatic rings. The minimum absolute atomic E-state index is 0.162. The molecule has 1 aromatic rings. The number of hydrogen-bond acceptors (Lipinski definition) is 4. The third-order valence-electron chi connectivity index (χ3n) is 2.06. The molecular weight excluding hydrogens is 416 g/mol. The number of hydrogen-bond donors (Lipinski definition) is 2. The van der Waals surface area contributed by atoms with E-state index < -0.39 is 10.0 Å². The Labute approximate surface area is 134 Å². The quantitative estimate of drug-likeness (QED) is 0.397. The molecule has 0 spiro atoms. The molecule has 3 N–H and O–H groups in total. The Balaban J connectivity index is 2.80. The molecule has 0 aliphatic carbocycles. The van der Waals surface area contributed by atoms with Gasteiger partial charge in [-0.1, -0.05) is 6.08 Å². The minimum atomic E-state index is -3.56. The molecule has 0 aromatic heterocycles. The molecule has 0 aliphatic heterocycles. The number of sulfonamides is 1. The van der Waals surface area contributed by atoms with Gasteiger partial charge >= 0.3 is 0 Å². The zero-order valence-electron chi connectivity index (χ0n) is 10.0. The number of anilines is 1. The van der Waals surface area contributed by atoms with Crippen molar-refractivity contribution in [1.82, 2.24) is 4.72 Å². The highest BCUT2D eigenvalue weighted by Crippen LogP contribution is 2.32. The maximum Gasteiger partial charge on any atom is 0.242 e. The molecule has 106 valence electrons. The topological polar surface area (TPSA) is 72.2 Å². The van der Waals surface area contributed by atoms with E-state index in [0.717, 1.165) is 5.75 Å². The van der Waals surface area contributed by atoms with E-state index in [1.165, 1.54) is 0 Å². The van der Waals surface area contributed by atoms with Crippen molar-refractivity contribution in [1.29, 1.82) is 0 Å². The number of benzene rings is 1. The number of halogens is 2. The van der Waals surface area contributed by atoms with Gasteiger partial charge in [0.25, 0.3) is 0 Å². The molecule has 0 bridgehead atoms. The first-order valence-electron chi connectivity index (χ1n) is 5.31. The molecule has 0 unspecified atom stereocenters. The Morgan fingerprint density at radius 1 is 1.37 bits per heavy atom. The molecule has 8 heteroatoms. The van der Waals surface area contributed by atoms with Gasteiger partial charge in [0.05, 0.1) is 0 Å². The smallest absolute Gasteiger partial charge is 0.242 e. The van der Waals surface area contributed by atoms with Crippen LogP contribution in [0, 0.1) is 0 Å². The lowest BCUT2D eigenvalue weighted by Crippen LogP contribution is -2.26. The average Bonchev–Trinajstić information content (AvgIpc) is 2.26. The van der Waals surface area contributed by atoms with Gasteiger partial charge in [0.2, 0.25) is 10.0 Å². The van der Waals surface area contributed by atoms with Gasteiger partial charge in [0, 0.05) is 32.7 Å². The summed E-state index contributed by atoms with van der Waals surface area (Å²) in [4.78, 5) is 0.162. The molecule has 1 aromatic carbocycles. The van der Waals surface area contributed by atoms with E-state index in [1.54, 1.807) is 30.0 Å². The van der Waals surface area contributed by atoms with Crippen LogP contribution in [0.5, 0.6) is 0 Å². The molecule has 0 amide bonds. The predicted molar refractivity (Wildman–Crippen MR) is 89.0 cm³/mol. The first kappa shape index (κ1) is 17.0. The second-order valence-corrected chi connectivity index (χ2v) is 8.14. The monoisotopic (exact) mass is 428 g/mol. The summed E-state index contributed by atoms with van der Waals surface area (Å²) >= 11 is 8.05. The van der Waals surface area contributed by atoms with Crippen molar-refractivity contribution in [3.05, 3.63) is 33.7 Å². The van der Waals surface area contributed by atoms with Crippen LogP contribution in [-0.2, 0) is 10.0 Å². The number of thioether (sulfide) groups is 1. The number of nitrogens with one attached hydrogen (secondary N) is 1. The van der Waals surface area contributed by atoms with Crippen LogP contribution in [0.3, 0.4) is 0 Å². The maximum absolute atomic E-state index is 12.2. The van der Waals surface area contributed by atoms with E-state index in [0.29, 0.717) is 26.9 Å². The number of rotatable bonds is 7. The van der Waals surface area contributed by atoms with Crippen molar-refractivity contribution in [2.45, 2.75) is 4.90 Å². The highest BCUT2D eigenvalue weighted by Gasteiger charge is 2.21. The van der Waals surface area contributed by atoms with E-state index in [9.17, 15) is 8.42 Å². The van der Waals surface area contributed by atoms with Crippen LogP contribution in [0.4, 0.5) is 5.69 Å². The molecule has 0 saturated heterocycles. The van der Waals surface area contributed by atoms with Crippen molar-refractivity contribution < 1.29 is 8.42 Å². The van der Waals surface area contributed by atoms with Crippen LogP contribution in [0.2, 0.25) is 0 Å². The summed E-state index contributed by atoms with van der Waals surface area (Å²) in [5, 5.41) is 0. The first-order valence-corrected chi connectivity index (χ1v) is 9.53. The van der Waals surface area contributed by atoms with Gasteiger partial charge in [-0.05, 0) is 44.0 Å². The Hall–Kier alpha value is -0.0200. The molecule has 0 radical (unpaired) electrons. The Bertz CT molecular complexity index is 539. The van der Waals surface area contributed by atoms with Crippen molar-refractivity contribution in [2.75, 3.05) is 23.8 Å². The Kier molecular flexibility index (Phi) is 6.89. The summed E-state index contributed by atoms with van der Waals surface area (Å²) in [6.07, 6.45) is 1.78. The maximum atomic E-state index is 12.2. The second-order valence-electron chi connectivity index (χ2n) is 3.58. The molecule has 19 heavy (non-hydrogen) atoms. The molecule has 0 saturated carbocycles. The normalized spacial score (nSPS) is 11.5. The molecule has 0 fully saturated rings. The predicted octanol–water partition coefficient (Wildman–Crippen LogP) is 2.99. The lowest BCUT2D eigenvalue weighted by atomic mass is 10.3. The van der Waals surface area contributed by atoms with Crippen LogP contribution in [0.25, 0.3) is 0 Å². The van der Waals surface area contributed by atoms with E-state index in [-0.39, 0.29) is 4.90 Å². The molecule has 4 nitrogen and oxygen atoms in total. The fraction of sp³-hybridized carbons (Fsp3) is 0.273. The SMILES string of the molecule is C=CCSCCNS(=O)(=O)c1c(Br)cc(N)cc1Br. The van der Waals surface area contributed by atoms with E-state index in [2.05, 4.69) is 43.2 Å². The van der Waals surface area contributed by atoms with Crippen LogP contribution in [-0.4, -0.2) is 26.5 Å². The van der Waals surface area contributed by atoms with Crippen LogP contribution >= 0.6 is 43.6 Å². The van der Waals surface area contributed by atoms with Crippen molar-refractivity contribution >= 4 is 59.3 Å². The zero-order valence-corrected chi connectivity index (χ0v) is 14.8. The standard InChI is InChI=1S/C11H14Br2N2O2S2/c1-2-4-18-5-3-15-19(16,17)11-9(12)6-8(14)7-10(11)13/h2,6-7,15H,1,3-5,14H2. The number of nitrogens with two attached hydrogens (primary N) is 1. The van der Waals surface area contributed by atoms with Gasteiger partial charge in [0.1, 0.15) is 4.90 Å². The van der Waals surface area contributed by atoms with Crippen LogP contribution in [0.1, 0.15) is 0 Å². The van der Waals surface area contributed by atoms with Crippen LogP contribution in [0.15, 0.2) is 38.6 Å². The summed E-state index contributed by atoms with van der Waals surface area (Å²) in [5.41, 5.74) is 6.12. The van der Waals surface area contributed by atoms with Crippen molar-refractivity contribution in [2.24, 2.45) is 0 Å². The highest BCUT2D eigenvalue weighted by atomic mass is 79.9. The van der Waals surface area contributed by atoms with Gasteiger partial charge in [-0.2, -0.15) is 11.8 Å². The van der Waals surface area contributed by atoms with Gasteiger partial charge < -0.3 is 5.73 Å².